The number of hydrogen-bond donors (Lipinski definition) is 2. The number of nitrogens with two attached hydrogens (primary N) is 1. The smallest absolute Gasteiger partial charge is 0.239 e. The van der Waals surface area contributed by atoms with Crippen LogP contribution in [-0.4, -0.2) is 29.9 Å². The number of nitrogens with one attached hydrogen (secondary N) is 1. The molecule has 1 aromatic rings. The molecule has 0 aliphatic carbocycles. The summed E-state index contributed by atoms with van der Waals surface area (Å²) in [7, 11) is 0. The minimum absolute atomic E-state index is 0.0409. The lowest BCUT2D eigenvalue weighted by Crippen LogP contribution is -2.46. The number of nitrogens with zero attached hydrogens (tertiary/aromatic N) is 1. The highest BCUT2D eigenvalue weighted by molar-refractivity contribution is 5.82. The van der Waals surface area contributed by atoms with Crippen molar-refractivity contribution in [2.24, 2.45) is 11.7 Å². The van der Waals surface area contributed by atoms with Crippen LogP contribution in [0.15, 0.2) is 42.1 Å². The number of carbonyl (C=O) groups excluding carboxylic acids is 1. The Balaban J connectivity index is 1.74. The average molecular weight is 317 g/mol. The number of hydrogen-bond acceptors (Lipinski definition) is 4. The fourth-order valence-corrected chi connectivity index (χ4v) is 2.59. The maximum absolute atomic E-state index is 12.3. The zero-order valence-electron chi connectivity index (χ0n) is 14.0. The Kier molecular flexibility index (Phi) is 6.62. The van der Waals surface area contributed by atoms with Crippen LogP contribution >= 0.6 is 0 Å². The van der Waals surface area contributed by atoms with Gasteiger partial charge in [0, 0.05) is 25.2 Å². The van der Waals surface area contributed by atoms with Gasteiger partial charge in [0.15, 0.2) is 0 Å². The van der Waals surface area contributed by atoms with E-state index in [1.54, 1.807) is 0 Å². The van der Waals surface area contributed by atoms with E-state index in [1.807, 2.05) is 41.3 Å². The van der Waals surface area contributed by atoms with Crippen LogP contribution in [0, 0.1) is 5.92 Å². The summed E-state index contributed by atoms with van der Waals surface area (Å²) in [5.74, 6) is 0.470. The van der Waals surface area contributed by atoms with Crippen LogP contribution in [0.2, 0.25) is 0 Å². The Hall–Kier alpha value is -1.85. The van der Waals surface area contributed by atoms with E-state index in [0.717, 1.165) is 24.1 Å². The molecule has 1 amide bonds. The summed E-state index contributed by atoms with van der Waals surface area (Å²) >= 11 is 0. The van der Waals surface area contributed by atoms with E-state index in [9.17, 15) is 4.79 Å². The molecule has 0 spiro atoms. The Labute approximate surface area is 138 Å². The molecule has 2 rings (SSSR count). The van der Waals surface area contributed by atoms with Crippen LogP contribution in [-0.2, 0) is 16.2 Å². The number of amides is 1. The third kappa shape index (κ3) is 5.69. The molecular formula is C18H27N3O2. The summed E-state index contributed by atoms with van der Waals surface area (Å²) < 4.78 is 0. The van der Waals surface area contributed by atoms with E-state index in [-0.39, 0.29) is 5.91 Å². The van der Waals surface area contributed by atoms with Crippen molar-refractivity contribution in [1.82, 2.24) is 10.4 Å². The van der Waals surface area contributed by atoms with Gasteiger partial charge in [-0.2, -0.15) is 0 Å². The predicted octanol–water partition coefficient (Wildman–Crippen LogP) is 2.20. The molecule has 5 nitrogen and oxygen atoms in total. The molecule has 1 atom stereocenters. The van der Waals surface area contributed by atoms with E-state index in [4.69, 9.17) is 10.6 Å². The lowest BCUT2D eigenvalue weighted by atomic mass is 10.0. The lowest BCUT2D eigenvalue weighted by molar-refractivity contribution is -0.132. The van der Waals surface area contributed by atoms with Crippen LogP contribution < -0.4 is 11.2 Å². The van der Waals surface area contributed by atoms with Crippen molar-refractivity contribution in [2.45, 2.75) is 39.3 Å². The normalized spacial score (nSPS) is 16.2. The van der Waals surface area contributed by atoms with Crippen LogP contribution in [0.4, 0.5) is 0 Å². The molecule has 1 heterocycles. The van der Waals surface area contributed by atoms with Crippen molar-refractivity contribution in [3.63, 3.8) is 0 Å². The van der Waals surface area contributed by atoms with E-state index in [2.05, 4.69) is 19.3 Å². The highest BCUT2D eigenvalue weighted by Crippen LogP contribution is 2.12. The summed E-state index contributed by atoms with van der Waals surface area (Å²) in [6.07, 6.45) is 3.48. The highest BCUT2D eigenvalue weighted by atomic mass is 16.6. The Bertz CT molecular complexity index is 528. The molecule has 0 unspecified atom stereocenters. The van der Waals surface area contributed by atoms with Crippen LogP contribution in [0.1, 0.15) is 32.3 Å². The molecule has 0 bridgehead atoms. The van der Waals surface area contributed by atoms with Gasteiger partial charge in [-0.3, -0.25) is 15.1 Å². The highest BCUT2D eigenvalue weighted by Gasteiger charge is 2.23. The standard InChI is InChI=1S/C18H27N3O2/c1-14(2)12-17(19)18(22)21-10-8-16(9-11-21)20-23-13-15-6-4-3-5-7-15/h3-8,14,17,20H,9-13,19H2,1-2H3/t17-/m0/s1. The van der Waals surface area contributed by atoms with Gasteiger partial charge in [0.05, 0.1) is 12.6 Å². The van der Waals surface area contributed by atoms with Crippen molar-refractivity contribution < 1.29 is 9.63 Å². The summed E-state index contributed by atoms with van der Waals surface area (Å²) in [6.45, 7) is 5.94. The van der Waals surface area contributed by atoms with Crippen molar-refractivity contribution >= 4 is 5.91 Å². The van der Waals surface area contributed by atoms with Crippen molar-refractivity contribution in [3.8, 4) is 0 Å². The first kappa shape index (κ1) is 17.5. The third-order valence-corrected chi connectivity index (χ3v) is 3.85. The molecule has 0 fully saturated rings. The largest absolute Gasteiger partial charge is 0.337 e. The number of benzene rings is 1. The molecule has 1 aromatic carbocycles. The monoisotopic (exact) mass is 317 g/mol. The van der Waals surface area contributed by atoms with Gasteiger partial charge >= 0.3 is 0 Å². The maximum Gasteiger partial charge on any atom is 0.239 e. The van der Waals surface area contributed by atoms with Gasteiger partial charge in [0.1, 0.15) is 0 Å². The van der Waals surface area contributed by atoms with Gasteiger partial charge in [-0.15, -0.1) is 0 Å². The van der Waals surface area contributed by atoms with Gasteiger partial charge in [-0.1, -0.05) is 44.2 Å². The average Bonchev–Trinajstić information content (AvgIpc) is 2.55. The topological polar surface area (TPSA) is 67.6 Å². The van der Waals surface area contributed by atoms with E-state index >= 15 is 0 Å². The van der Waals surface area contributed by atoms with E-state index in [0.29, 0.717) is 25.6 Å². The molecule has 1 aliphatic heterocycles. The molecule has 126 valence electrons. The Morgan fingerprint density at radius 1 is 1.35 bits per heavy atom. The second kappa shape index (κ2) is 8.70. The van der Waals surface area contributed by atoms with Gasteiger partial charge < -0.3 is 10.6 Å². The summed E-state index contributed by atoms with van der Waals surface area (Å²) in [4.78, 5) is 19.6. The van der Waals surface area contributed by atoms with E-state index in [1.165, 1.54) is 0 Å². The summed E-state index contributed by atoms with van der Waals surface area (Å²) in [5, 5.41) is 0. The zero-order valence-corrected chi connectivity index (χ0v) is 14.0. The van der Waals surface area contributed by atoms with Crippen molar-refractivity contribution in [2.75, 3.05) is 13.1 Å². The first-order valence-corrected chi connectivity index (χ1v) is 8.21. The van der Waals surface area contributed by atoms with Gasteiger partial charge in [-0.05, 0) is 24.0 Å². The van der Waals surface area contributed by atoms with Gasteiger partial charge in [0.25, 0.3) is 0 Å². The molecule has 0 saturated heterocycles. The summed E-state index contributed by atoms with van der Waals surface area (Å²) in [5.41, 5.74) is 11.1. The second-order valence-corrected chi connectivity index (χ2v) is 6.38. The minimum atomic E-state index is -0.396. The molecule has 3 N–H and O–H groups in total. The lowest BCUT2D eigenvalue weighted by Gasteiger charge is -2.29. The quantitative estimate of drug-likeness (QED) is 0.757. The Morgan fingerprint density at radius 2 is 2.09 bits per heavy atom. The number of carbonyl (C=O) groups is 1. The maximum atomic E-state index is 12.3. The first-order chi connectivity index (χ1) is 11.1. The van der Waals surface area contributed by atoms with Crippen LogP contribution in [0.5, 0.6) is 0 Å². The molecule has 0 radical (unpaired) electrons. The molecular weight excluding hydrogens is 290 g/mol. The van der Waals surface area contributed by atoms with Gasteiger partial charge in [0.2, 0.25) is 5.91 Å². The predicted molar refractivity (Wildman–Crippen MR) is 91.1 cm³/mol. The zero-order chi connectivity index (χ0) is 16.7. The SMILES string of the molecule is CC(C)C[C@H](N)C(=O)N1CC=C(NOCc2ccccc2)CC1. The fourth-order valence-electron chi connectivity index (χ4n) is 2.59. The molecule has 5 heteroatoms. The van der Waals surface area contributed by atoms with Crippen molar-refractivity contribution in [3.05, 3.63) is 47.7 Å². The molecule has 23 heavy (non-hydrogen) atoms. The molecule has 1 aliphatic rings. The van der Waals surface area contributed by atoms with Crippen LogP contribution in [0.3, 0.4) is 0 Å². The summed E-state index contributed by atoms with van der Waals surface area (Å²) in [6, 6.07) is 9.61. The number of hydroxylamine groups is 1. The second-order valence-electron chi connectivity index (χ2n) is 6.38. The van der Waals surface area contributed by atoms with Crippen molar-refractivity contribution in [1.29, 1.82) is 0 Å². The van der Waals surface area contributed by atoms with E-state index < -0.39 is 6.04 Å². The molecule has 0 saturated carbocycles. The first-order valence-electron chi connectivity index (χ1n) is 8.21. The number of rotatable bonds is 7. The third-order valence-electron chi connectivity index (χ3n) is 3.85. The van der Waals surface area contributed by atoms with Gasteiger partial charge in [-0.25, -0.2) is 0 Å². The molecule has 0 aromatic heterocycles. The fraction of sp³-hybridized carbons (Fsp3) is 0.500. The Morgan fingerprint density at radius 3 is 2.70 bits per heavy atom. The minimum Gasteiger partial charge on any atom is -0.337 e. The van der Waals surface area contributed by atoms with Crippen LogP contribution in [0.25, 0.3) is 0 Å².